The van der Waals surface area contributed by atoms with Crippen molar-refractivity contribution in [2.45, 2.75) is 70.0 Å². The normalized spacial score (nSPS) is 16.2. The number of ether oxygens (including phenoxy) is 2. The van der Waals surface area contributed by atoms with Crippen LogP contribution in [0.15, 0.2) is 24.3 Å². The number of halogens is 3. The summed E-state index contributed by atoms with van der Waals surface area (Å²) in [6.45, 7) is 9.31. The van der Waals surface area contributed by atoms with Gasteiger partial charge >= 0.3 is 12.1 Å². The van der Waals surface area contributed by atoms with E-state index in [0.29, 0.717) is 5.75 Å². The number of nitrogens with one attached hydrogen (secondary N) is 1. The Morgan fingerprint density at radius 3 is 1.89 bits per heavy atom. The molecule has 0 radical (unpaired) electrons. The zero-order valence-corrected chi connectivity index (χ0v) is 18.0. The van der Waals surface area contributed by atoms with E-state index in [9.17, 15) is 22.2 Å². The Hall–Kier alpha value is -1.61. The van der Waals surface area contributed by atoms with E-state index < -0.39 is 45.4 Å². The molecule has 0 aliphatic carbocycles. The van der Waals surface area contributed by atoms with Gasteiger partial charge in [0, 0.05) is 0 Å². The molecule has 1 aromatic rings. The lowest BCUT2D eigenvalue weighted by Gasteiger charge is -2.38. The molecule has 9 heteroatoms. The van der Waals surface area contributed by atoms with Crippen LogP contribution in [0.25, 0.3) is 0 Å². The van der Waals surface area contributed by atoms with Gasteiger partial charge in [-0.1, -0.05) is 12.1 Å². The lowest BCUT2D eigenvalue weighted by Crippen LogP contribution is -2.58. The number of methoxy groups -OCH3 is 1. The Morgan fingerprint density at radius 1 is 1.04 bits per heavy atom. The number of benzene rings is 1. The number of carbonyl (C=O) groups is 1. The first-order valence-electron chi connectivity index (χ1n) is 8.65. The van der Waals surface area contributed by atoms with Crippen molar-refractivity contribution < 1.29 is 31.6 Å². The lowest BCUT2D eigenvalue weighted by atomic mass is 9.86. The van der Waals surface area contributed by atoms with Gasteiger partial charge in [0.1, 0.15) is 11.4 Å². The largest absolute Gasteiger partial charge is 0.497 e. The third-order valence-corrected chi connectivity index (χ3v) is 5.37. The van der Waals surface area contributed by atoms with Crippen molar-refractivity contribution in [3.63, 3.8) is 0 Å². The van der Waals surface area contributed by atoms with Crippen molar-refractivity contribution in [3.8, 4) is 5.75 Å². The minimum atomic E-state index is -4.93. The molecule has 0 aliphatic rings. The number of rotatable bonds is 6. The van der Waals surface area contributed by atoms with Gasteiger partial charge in [0.15, 0.2) is 5.54 Å². The SMILES string of the molecule is COc1ccc([C@](CC(=O)OC(C)(C)C)(N[S@@](=O)C(C)(C)C)C(F)(F)F)cc1. The lowest BCUT2D eigenvalue weighted by molar-refractivity contribution is -0.205. The van der Waals surface area contributed by atoms with Gasteiger partial charge in [0.05, 0.1) is 29.3 Å². The van der Waals surface area contributed by atoms with Crippen molar-refractivity contribution >= 4 is 17.0 Å². The molecule has 0 saturated heterocycles. The van der Waals surface area contributed by atoms with Crippen LogP contribution in [-0.4, -0.2) is 33.8 Å². The molecule has 1 aromatic carbocycles. The summed E-state index contributed by atoms with van der Waals surface area (Å²) < 4.78 is 67.0. The molecular weight excluding hydrogens is 395 g/mol. The van der Waals surface area contributed by atoms with Crippen LogP contribution in [0.3, 0.4) is 0 Å². The molecule has 0 bridgehead atoms. The maximum absolute atomic E-state index is 14.3. The van der Waals surface area contributed by atoms with Crippen molar-refractivity contribution in [2.75, 3.05) is 7.11 Å². The summed E-state index contributed by atoms with van der Waals surface area (Å²) in [5.74, 6) is -0.701. The Bertz CT molecular complexity index is 706. The highest BCUT2D eigenvalue weighted by molar-refractivity contribution is 7.84. The van der Waals surface area contributed by atoms with Crippen molar-refractivity contribution in [1.29, 1.82) is 0 Å². The average molecular weight is 423 g/mol. The first kappa shape index (κ1) is 24.4. The molecule has 1 N–H and O–H groups in total. The first-order valence-corrected chi connectivity index (χ1v) is 9.79. The number of hydrogen-bond acceptors (Lipinski definition) is 4. The highest BCUT2D eigenvalue weighted by Gasteiger charge is 2.59. The third kappa shape index (κ3) is 6.20. The van der Waals surface area contributed by atoms with Gasteiger partial charge in [-0.2, -0.15) is 13.2 Å². The Kier molecular flexibility index (Phi) is 7.33. The molecule has 0 amide bonds. The summed E-state index contributed by atoms with van der Waals surface area (Å²) in [6.07, 6.45) is -6.00. The first-order chi connectivity index (χ1) is 12.5. The zero-order valence-electron chi connectivity index (χ0n) is 17.2. The van der Waals surface area contributed by atoms with E-state index in [1.807, 2.05) is 0 Å². The minimum Gasteiger partial charge on any atom is -0.497 e. The highest BCUT2D eigenvalue weighted by Crippen LogP contribution is 2.43. The zero-order chi connectivity index (χ0) is 22.0. The quantitative estimate of drug-likeness (QED) is 0.696. The molecule has 0 spiro atoms. The summed E-state index contributed by atoms with van der Waals surface area (Å²) in [5, 5.41) is 0. The van der Waals surface area contributed by atoms with Crippen LogP contribution in [0.5, 0.6) is 5.75 Å². The molecule has 0 saturated carbocycles. The Morgan fingerprint density at radius 2 is 1.54 bits per heavy atom. The second-order valence-corrected chi connectivity index (χ2v) is 10.3. The average Bonchev–Trinajstić information content (AvgIpc) is 2.50. The second kappa shape index (κ2) is 8.41. The van der Waals surface area contributed by atoms with E-state index in [1.54, 1.807) is 41.5 Å². The van der Waals surface area contributed by atoms with E-state index in [0.717, 1.165) is 0 Å². The summed E-state index contributed by atoms with van der Waals surface area (Å²) in [7, 11) is -0.721. The third-order valence-electron chi connectivity index (χ3n) is 3.72. The smallest absolute Gasteiger partial charge is 0.412 e. The summed E-state index contributed by atoms with van der Waals surface area (Å²) in [5.41, 5.74) is -4.11. The van der Waals surface area contributed by atoms with Gasteiger partial charge < -0.3 is 9.47 Å². The molecule has 2 atom stereocenters. The van der Waals surface area contributed by atoms with Crippen molar-refractivity contribution in [1.82, 2.24) is 4.72 Å². The Balaban J connectivity index is 3.53. The fraction of sp³-hybridized carbons (Fsp3) is 0.632. The molecule has 0 fully saturated rings. The van der Waals surface area contributed by atoms with Crippen LogP contribution in [-0.2, 0) is 26.1 Å². The van der Waals surface area contributed by atoms with E-state index in [4.69, 9.17) is 9.47 Å². The monoisotopic (exact) mass is 423 g/mol. The van der Waals surface area contributed by atoms with Gasteiger partial charge in [0.2, 0.25) is 0 Å². The molecule has 5 nitrogen and oxygen atoms in total. The van der Waals surface area contributed by atoms with Crippen LogP contribution in [0.4, 0.5) is 13.2 Å². The molecule has 160 valence electrons. The van der Waals surface area contributed by atoms with Gasteiger partial charge in [-0.25, -0.2) is 8.93 Å². The molecule has 1 rings (SSSR count). The Labute approximate surface area is 166 Å². The number of carbonyl (C=O) groups excluding carboxylic acids is 1. The number of esters is 1. The van der Waals surface area contributed by atoms with Crippen LogP contribution >= 0.6 is 0 Å². The topological polar surface area (TPSA) is 64.6 Å². The molecule has 0 aromatic heterocycles. The van der Waals surface area contributed by atoms with Gasteiger partial charge in [-0.15, -0.1) is 0 Å². The van der Waals surface area contributed by atoms with Gasteiger partial charge in [-0.05, 0) is 59.2 Å². The fourth-order valence-electron chi connectivity index (χ4n) is 2.30. The maximum atomic E-state index is 14.3. The van der Waals surface area contributed by atoms with Gasteiger partial charge in [0.25, 0.3) is 0 Å². The van der Waals surface area contributed by atoms with E-state index in [-0.39, 0.29) is 5.56 Å². The number of hydrogen-bond donors (Lipinski definition) is 1. The summed E-state index contributed by atoms with van der Waals surface area (Å²) in [6, 6.07) is 5.10. The molecule has 0 unspecified atom stereocenters. The van der Waals surface area contributed by atoms with Crippen LogP contribution in [0, 0.1) is 0 Å². The second-order valence-electron chi connectivity index (χ2n) is 8.38. The molecule has 0 heterocycles. The van der Waals surface area contributed by atoms with Gasteiger partial charge in [-0.3, -0.25) is 4.79 Å². The molecule has 0 aliphatic heterocycles. The minimum absolute atomic E-state index is 0.260. The van der Waals surface area contributed by atoms with Crippen LogP contribution in [0.2, 0.25) is 0 Å². The van der Waals surface area contributed by atoms with E-state index in [2.05, 4.69) is 4.72 Å². The van der Waals surface area contributed by atoms with Crippen molar-refractivity contribution in [3.05, 3.63) is 29.8 Å². The van der Waals surface area contributed by atoms with Crippen LogP contribution < -0.4 is 9.46 Å². The van der Waals surface area contributed by atoms with Crippen LogP contribution in [0.1, 0.15) is 53.5 Å². The fourth-order valence-corrected chi connectivity index (χ4v) is 3.23. The summed E-state index contributed by atoms with van der Waals surface area (Å²) in [4.78, 5) is 12.4. The predicted molar refractivity (Wildman–Crippen MR) is 102 cm³/mol. The number of alkyl halides is 3. The van der Waals surface area contributed by atoms with Crippen molar-refractivity contribution in [2.24, 2.45) is 0 Å². The predicted octanol–water partition coefficient (Wildman–Crippen LogP) is 4.24. The standard InChI is InChI=1S/C19H28F3NO4S/c1-16(2,3)27-15(24)12-18(19(20,21)22,23-28(25)17(4,5)6)13-8-10-14(26-7)11-9-13/h8-11,23H,12H2,1-7H3/t18-,28-/m0/s1. The molecular formula is C19H28F3NO4S. The summed E-state index contributed by atoms with van der Waals surface area (Å²) >= 11 is 0. The highest BCUT2D eigenvalue weighted by atomic mass is 32.2. The molecule has 28 heavy (non-hydrogen) atoms. The van der Waals surface area contributed by atoms with E-state index >= 15 is 0 Å². The maximum Gasteiger partial charge on any atom is 0.412 e. The van der Waals surface area contributed by atoms with E-state index in [1.165, 1.54) is 31.4 Å².